The average Bonchev–Trinajstić information content (AvgIpc) is 3.50. The summed E-state index contributed by atoms with van der Waals surface area (Å²) < 4.78 is 89.0. The minimum Gasteiger partial charge on any atom is -0.443 e. The number of anilines is 2. The van der Waals surface area contributed by atoms with E-state index in [2.05, 4.69) is 35.5 Å². The Hall–Kier alpha value is -3.56. The Bertz CT molecular complexity index is 1250. The minimum absolute atomic E-state index is 0.0890. The highest BCUT2D eigenvalue weighted by Crippen LogP contribution is 2.38. The maximum absolute atomic E-state index is 15.0. The van der Waals surface area contributed by atoms with Crippen LogP contribution in [0.3, 0.4) is 0 Å². The topological polar surface area (TPSA) is 118 Å². The number of alkyl halides is 6. The number of nitrogens with one attached hydrogen (secondary N) is 3. The number of carbonyl (C=O) groups is 1. The zero-order chi connectivity index (χ0) is 26.9. The van der Waals surface area contributed by atoms with Gasteiger partial charge in [-0.15, -0.1) is 13.2 Å². The molecule has 0 spiro atoms. The summed E-state index contributed by atoms with van der Waals surface area (Å²) in [5.74, 6) is -0.780. The molecule has 10 nitrogen and oxygen atoms in total. The second-order valence-electron chi connectivity index (χ2n) is 8.70. The van der Waals surface area contributed by atoms with E-state index in [-0.39, 0.29) is 35.6 Å². The lowest BCUT2D eigenvalue weighted by Crippen LogP contribution is -2.36. The first-order valence-electron chi connectivity index (χ1n) is 11.2. The molecule has 3 atom stereocenters. The lowest BCUT2D eigenvalue weighted by Gasteiger charge is -2.18. The number of ether oxygens (including phenoxy) is 2. The van der Waals surface area contributed by atoms with Gasteiger partial charge in [-0.1, -0.05) is 0 Å². The van der Waals surface area contributed by atoms with E-state index in [9.17, 15) is 26.7 Å². The monoisotopic (exact) mass is 535 g/mol. The largest absolute Gasteiger partial charge is 0.522 e. The van der Waals surface area contributed by atoms with E-state index < -0.39 is 49.4 Å². The Labute approximate surface area is 205 Å². The molecule has 37 heavy (non-hydrogen) atoms. The number of rotatable bonds is 8. The molecule has 0 unspecified atom stereocenters. The van der Waals surface area contributed by atoms with Crippen LogP contribution in [0.15, 0.2) is 18.3 Å². The Morgan fingerprint density at radius 1 is 1.24 bits per heavy atom. The van der Waals surface area contributed by atoms with E-state index >= 15 is 4.39 Å². The van der Waals surface area contributed by atoms with Crippen molar-refractivity contribution in [2.75, 3.05) is 5.32 Å². The smallest absolute Gasteiger partial charge is 0.443 e. The van der Waals surface area contributed by atoms with Crippen molar-refractivity contribution in [3.63, 3.8) is 0 Å². The number of carbonyl (C=O) groups excluding carboxylic acids is 1. The Morgan fingerprint density at radius 3 is 2.68 bits per heavy atom. The van der Waals surface area contributed by atoms with Crippen LogP contribution >= 0.6 is 0 Å². The van der Waals surface area contributed by atoms with Gasteiger partial charge in [-0.25, -0.2) is 27.9 Å². The van der Waals surface area contributed by atoms with Crippen LogP contribution in [-0.2, 0) is 16.1 Å². The van der Waals surface area contributed by atoms with Gasteiger partial charge in [0.15, 0.2) is 5.82 Å². The Morgan fingerprint density at radius 2 is 2.00 bits per heavy atom. The van der Waals surface area contributed by atoms with E-state index in [1.165, 1.54) is 10.5 Å². The molecule has 16 heteroatoms. The summed E-state index contributed by atoms with van der Waals surface area (Å²) in [5.41, 5.74) is -0.561. The molecule has 0 saturated heterocycles. The van der Waals surface area contributed by atoms with Crippen LogP contribution in [0.2, 0.25) is 0 Å². The van der Waals surface area contributed by atoms with E-state index in [0.29, 0.717) is 12.1 Å². The third kappa shape index (κ3) is 6.42. The molecule has 4 rings (SSSR count). The maximum Gasteiger partial charge on any atom is 0.522 e. The molecule has 3 N–H and O–H groups in total. The van der Waals surface area contributed by atoms with Gasteiger partial charge in [-0.2, -0.15) is 5.10 Å². The lowest BCUT2D eigenvalue weighted by atomic mass is 10.0. The van der Waals surface area contributed by atoms with Crippen molar-refractivity contribution < 1.29 is 40.6 Å². The molecule has 0 aliphatic heterocycles. The fourth-order valence-electron chi connectivity index (χ4n) is 3.97. The van der Waals surface area contributed by atoms with Crippen LogP contribution in [-0.4, -0.2) is 55.3 Å². The summed E-state index contributed by atoms with van der Waals surface area (Å²) in [7, 11) is 0. The maximum atomic E-state index is 15.0. The predicted octanol–water partition coefficient (Wildman–Crippen LogP) is 4.89. The predicted molar refractivity (Wildman–Crippen MR) is 116 cm³/mol. The number of imidazole rings is 1. The average molecular weight is 535 g/mol. The second-order valence-corrected chi connectivity index (χ2v) is 8.70. The van der Waals surface area contributed by atoms with Crippen molar-refractivity contribution in [2.24, 2.45) is 0 Å². The number of amides is 1. The number of halogens is 6. The number of fused-ring (bicyclic) bond motifs is 1. The molecule has 1 aliphatic carbocycles. The zero-order valence-electron chi connectivity index (χ0n) is 19.5. The molecule has 1 amide bonds. The van der Waals surface area contributed by atoms with Crippen molar-refractivity contribution in [2.45, 2.75) is 70.3 Å². The molecular weight excluding hydrogens is 512 g/mol. The first kappa shape index (κ1) is 26.5. The van der Waals surface area contributed by atoms with Crippen LogP contribution in [0.5, 0.6) is 0 Å². The second kappa shape index (κ2) is 10.4. The molecule has 1 fully saturated rings. The molecular formula is C21H23F6N7O3. The highest BCUT2D eigenvalue weighted by molar-refractivity contribution is 5.67. The summed E-state index contributed by atoms with van der Waals surface area (Å²) in [6.45, 7) is 2.55. The van der Waals surface area contributed by atoms with Gasteiger partial charge in [0.05, 0.1) is 12.3 Å². The third-order valence-corrected chi connectivity index (χ3v) is 5.53. The Balaban J connectivity index is 1.51. The van der Waals surface area contributed by atoms with Gasteiger partial charge < -0.3 is 15.4 Å². The van der Waals surface area contributed by atoms with E-state index in [0.717, 1.165) is 12.3 Å². The fraction of sp³-hybridized carbons (Fsp3) is 0.524. The van der Waals surface area contributed by atoms with Crippen molar-refractivity contribution in [1.82, 2.24) is 29.9 Å². The molecule has 1 aliphatic rings. The number of nitrogens with zero attached hydrogens (tertiary/aromatic N) is 4. The number of hydrogen-bond acceptors (Lipinski definition) is 7. The van der Waals surface area contributed by atoms with E-state index in [1.54, 1.807) is 13.8 Å². The SMILES string of the molecule is CC(C)NC(=O)O[C@@H]1CC[C@H](c2cc(Nc3nc(C(F)F)cc4nc(COC(F)(F)F)cn34)n[nH]2)[C@H]1F. The van der Waals surface area contributed by atoms with Crippen LogP contribution in [0.25, 0.3) is 5.65 Å². The van der Waals surface area contributed by atoms with Crippen molar-refractivity contribution >= 4 is 23.5 Å². The summed E-state index contributed by atoms with van der Waals surface area (Å²) in [6.07, 6.45) is -9.26. The molecule has 0 aromatic carbocycles. The summed E-state index contributed by atoms with van der Waals surface area (Å²) in [4.78, 5) is 19.5. The fourth-order valence-corrected chi connectivity index (χ4v) is 3.97. The number of hydrogen-bond donors (Lipinski definition) is 3. The van der Waals surface area contributed by atoms with Crippen molar-refractivity contribution in [3.05, 3.63) is 35.4 Å². The first-order chi connectivity index (χ1) is 17.4. The molecule has 0 radical (unpaired) electrons. The van der Waals surface area contributed by atoms with Gasteiger partial charge in [-0.05, 0) is 26.7 Å². The normalized spacial score (nSPS) is 20.2. The summed E-state index contributed by atoms with van der Waals surface area (Å²) in [5, 5.41) is 11.9. The number of H-pyrrole nitrogens is 1. The van der Waals surface area contributed by atoms with Gasteiger partial charge in [-0.3, -0.25) is 14.2 Å². The molecule has 0 bridgehead atoms. The number of aromatic amines is 1. The minimum atomic E-state index is -4.90. The third-order valence-electron chi connectivity index (χ3n) is 5.53. The zero-order valence-corrected chi connectivity index (χ0v) is 19.5. The molecule has 202 valence electrons. The number of aromatic nitrogens is 5. The lowest BCUT2D eigenvalue weighted by molar-refractivity contribution is -0.330. The van der Waals surface area contributed by atoms with Crippen molar-refractivity contribution in [3.8, 4) is 0 Å². The van der Waals surface area contributed by atoms with Gasteiger partial charge in [0.2, 0.25) is 5.95 Å². The van der Waals surface area contributed by atoms with Crippen molar-refractivity contribution in [1.29, 1.82) is 0 Å². The van der Waals surface area contributed by atoms with Gasteiger partial charge in [0.1, 0.15) is 23.6 Å². The summed E-state index contributed by atoms with van der Waals surface area (Å²) in [6, 6.07) is 2.21. The van der Waals surface area contributed by atoms with Gasteiger partial charge in [0.25, 0.3) is 6.43 Å². The van der Waals surface area contributed by atoms with Crippen LogP contribution in [0, 0.1) is 0 Å². The highest BCUT2D eigenvalue weighted by Gasteiger charge is 2.41. The molecule has 3 heterocycles. The van der Waals surface area contributed by atoms with Crippen LogP contribution < -0.4 is 10.6 Å². The molecule has 3 aromatic heterocycles. The quantitative estimate of drug-likeness (QED) is 0.352. The van der Waals surface area contributed by atoms with Gasteiger partial charge >= 0.3 is 12.5 Å². The van der Waals surface area contributed by atoms with E-state index in [1.807, 2.05) is 0 Å². The molecule has 3 aromatic rings. The Kier molecular flexibility index (Phi) is 7.47. The van der Waals surface area contributed by atoms with E-state index in [4.69, 9.17) is 4.74 Å². The van der Waals surface area contributed by atoms with Crippen LogP contribution in [0.4, 0.5) is 42.9 Å². The van der Waals surface area contributed by atoms with Gasteiger partial charge in [0, 0.05) is 36.0 Å². The first-order valence-corrected chi connectivity index (χ1v) is 11.2. The van der Waals surface area contributed by atoms with Crippen LogP contribution in [0.1, 0.15) is 56.1 Å². The standard InChI is InChI=1S/C21H23F6N7O3/c1-9(2)28-20(35)37-14-4-3-11(17(14)22)12-5-15(33-32-12)31-19-30-13(18(23)24)6-16-29-10(7-34(16)19)8-36-21(25,26)27/h5-7,9,11,14,17-18H,3-4,8H2,1-2H3,(H,28,35)(H2,30,31,32,33)/t11-,14-,17-/m1/s1. The number of alkyl carbamates (subject to hydrolysis) is 1. The highest BCUT2D eigenvalue weighted by atomic mass is 19.4. The summed E-state index contributed by atoms with van der Waals surface area (Å²) >= 11 is 0. The molecule has 1 saturated carbocycles.